The van der Waals surface area contributed by atoms with Crippen LogP contribution in [0.3, 0.4) is 0 Å². The molecule has 0 spiro atoms. The van der Waals surface area contributed by atoms with Gasteiger partial charge in [-0.3, -0.25) is 4.79 Å². The Kier molecular flexibility index (Phi) is 4.90. The molecule has 1 aromatic carbocycles. The van der Waals surface area contributed by atoms with E-state index >= 15 is 0 Å². The lowest BCUT2D eigenvalue weighted by Crippen LogP contribution is -2.33. The molecular formula is C16H18BrN3OS. The van der Waals surface area contributed by atoms with E-state index in [1.807, 2.05) is 36.6 Å². The van der Waals surface area contributed by atoms with Gasteiger partial charge < -0.3 is 10.6 Å². The monoisotopic (exact) mass is 379 g/mol. The number of carbonyl (C=O) groups excluding carboxylic acids is 1. The fourth-order valence-corrected chi connectivity index (χ4v) is 3.61. The third kappa shape index (κ3) is 3.56. The zero-order valence-corrected chi connectivity index (χ0v) is 14.7. The number of amides is 1. The maximum Gasteiger partial charge on any atom is 0.224 e. The standard InChI is InChI=1S/C16H18BrN3OS/c1-10(19-15(21)12-6-7-18-8-12)16-20-14(9-22-16)11-2-4-13(17)5-3-11/h2-5,9-10,12,18H,6-8H2,1H3,(H,19,21). The van der Waals surface area contributed by atoms with E-state index in [-0.39, 0.29) is 17.9 Å². The highest BCUT2D eigenvalue weighted by molar-refractivity contribution is 9.10. The Morgan fingerprint density at radius 2 is 2.23 bits per heavy atom. The van der Waals surface area contributed by atoms with Crippen LogP contribution in [0.5, 0.6) is 0 Å². The lowest BCUT2D eigenvalue weighted by Gasteiger charge is -2.14. The van der Waals surface area contributed by atoms with Crippen LogP contribution in [0.25, 0.3) is 11.3 Å². The van der Waals surface area contributed by atoms with Gasteiger partial charge in [-0.05, 0) is 32.0 Å². The molecule has 116 valence electrons. The largest absolute Gasteiger partial charge is 0.347 e. The number of hydrogen-bond donors (Lipinski definition) is 2. The van der Waals surface area contributed by atoms with Crippen molar-refractivity contribution in [3.63, 3.8) is 0 Å². The van der Waals surface area contributed by atoms with Crippen LogP contribution in [-0.2, 0) is 4.79 Å². The molecule has 0 bridgehead atoms. The molecule has 2 N–H and O–H groups in total. The first-order valence-electron chi connectivity index (χ1n) is 7.36. The minimum Gasteiger partial charge on any atom is -0.347 e. The van der Waals surface area contributed by atoms with Crippen LogP contribution in [0.1, 0.15) is 24.4 Å². The van der Waals surface area contributed by atoms with Crippen LogP contribution in [0.2, 0.25) is 0 Å². The Balaban J connectivity index is 1.67. The number of hydrogen-bond acceptors (Lipinski definition) is 4. The molecule has 0 aliphatic carbocycles. The fraction of sp³-hybridized carbons (Fsp3) is 0.375. The third-order valence-electron chi connectivity index (χ3n) is 3.82. The molecule has 1 saturated heterocycles. The lowest BCUT2D eigenvalue weighted by atomic mass is 10.1. The lowest BCUT2D eigenvalue weighted by molar-refractivity contribution is -0.125. The SMILES string of the molecule is CC(NC(=O)C1CCNC1)c1nc(-c2ccc(Br)cc2)cs1. The van der Waals surface area contributed by atoms with E-state index in [2.05, 4.69) is 31.5 Å². The summed E-state index contributed by atoms with van der Waals surface area (Å²) in [4.78, 5) is 16.8. The molecule has 1 aliphatic heterocycles. The number of halogens is 1. The van der Waals surface area contributed by atoms with Gasteiger partial charge in [0.15, 0.2) is 0 Å². The number of aromatic nitrogens is 1. The van der Waals surface area contributed by atoms with Crippen molar-refractivity contribution >= 4 is 33.2 Å². The van der Waals surface area contributed by atoms with Gasteiger partial charge in [0.1, 0.15) is 5.01 Å². The number of benzene rings is 1. The van der Waals surface area contributed by atoms with Gasteiger partial charge in [0.25, 0.3) is 0 Å². The summed E-state index contributed by atoms with van der Waals surface area (Å²) < 4.78 is 1.05. The van der Waals surface area contributed by atoms with E-state index in [4.69, 9.17) is 0 Å². The first-order valence-corrected chi connectivity index (χ1v) is 9.03. The summed E-state index contributed by atoms with van der Waals surface area (Å²) in [7, 11) is 0. The molecule has 1 amide bonds. The normalized spacial score (nSPS) is 19.1. The number of thiazole rings is 1. The summed E-state index contributed by atoms with van der Waals surface area (Å²) in [5.74, 6) is 0.214. The average Bonchev–Trinajstić information content (AvgIpc) is 3.20. The molecule has 0 radical (unpaired) electrons. The minimum atomic E-state index is -0.0534. The molecule has 2 atom stereocenters. The zero-order chi connectivity index (χ0) is 15.5. The summed E-state index contributed by atoms with van der Waals surface area (Å²) >= 11 is 5.02. The molecule has 4 nitrogen and oxygen atoms in total. The first-order chi connectivity index (χ1) is 10.6. The van der Waals surface area contributed by atoms with Crippen molar-refractivity contribution in [1.82, 2.24) is 15.6 Å². The molecule has 2 heterocycles. The predicted molar refractivity (Wildman–Crippen MR) is 92.8 cm³/mol. The molecule has 2 unspecified atom stereocenters. The second kappa shape index (κ2) is 6.89. The van der Waals surface area contributed by atoms with Gasteiger partial charge in [-0.25, -0.2) is 4.98 Å². The van der Waals surface area contributed by atoms with Crippen LogP contribution in [0.4, 0.5) is 0 Å². The Bertz CT molecular complexity index is 650. The molecule has 0 saturated carbocycles. The van der Waals surface area contributed by atoms with Gasteiger partial charge in [0, 0.05) is 22.0 Å². The van der Waals surface area contributed by atoms with Crippen molar-refractivity contribution in [2.45, 2.75) is 19.4 Å². The third-order valence-corrected chi connectivity index (χ3v) is 5.38. The molecule has 3 rings (SSSR count). The van der Waals surface area contributed by atoms with Crippen LogP contribution in [-0.4, -0.2) is 24.0 Å². The number of nitrogens with zero attached hydrogens (tertiary/aromatic N) is 1. The van der Waals surface area contributed by atoms with Gasteiger partial charge in [0.2, 0.25) is 5.91 Å². The number of rotatable bonds is 4. The smallest absolute Gasteiger partial charge is 0.224 e. The summed E-state index contributed by atoms with van der Waals surface area (Å²) in [6.07, 6.45) is 0.917. The van der Waals surface area contributed by atoms with Gasteiger partial charge >= 0.3 is 0 Å². The number of carbonyl (C=O) groups is 1. The van der Waals surface area contributed by atoms with Gasteiger partial charge in [0.05, 0.1) is 17.7 Å². The summed E-state index contributed by atoms with van der Waals surface area (Å²) in [6.45, 7) is 3.70. The van der Waals surface area contributed by atoms with E-state index in [0.717, 1.165) is 40.2 Å². The summed E-state index contributed by atoms with van der Waals surface area (Å²) in [5.41, 5.74) is 2.04. The summed E-state index contributed by atoms with van der Waals surface area (Å²) in [5, 5.41) is 9.27. The highest BCUT2D eigenvalue weighted by atomic mass is 79.9. The Morgan fingerprint density at radius 3 is 2.91 bits per heavy atom. The number of nitrogens with one attached hydrogen (secondary N) is 2. The molecular weight excluding hydrogens is 362 g/mol. The maximum atomic E-state index is 12.2. The van der Waals surface area contributed by atoms with E-state index in [1.165, 1.54) is 0 Å². The highest BCUT2D eigenvalue weighted by Crippen LogP contribution is 2.26. The van der Waals surface area contributed by atoms with E-state index in [1.54, 1.807) is 11.3 Å². The van der Waals surface area contributed by atoms with Crippen molar-refractivity contribution in [2.24, 2.45) is 5.92 Å². The van der Waals surface area contributed by atoms with Gasteiger partial charge in [-0.15, -0.1) is 11.3 Å². The van der Waals surface area contributed by atoms with Crippen LogP contribution in [0, 0.1) is 5.92 Å². The zero-order valence-electron chi connectivity index (χ0n) is 12.3. The van der Waals surface area contributed by atoms with Crippen molar-refractivity contribution in [3.8, 4) is 11.3 Å². The second-order valence-corrected chi connectivity index (χ2v) is 7.30. The van der Waals surface area contributed by atoms with Gasteiger partial charge in [-0.2, -0.15) is 0 Å². The quantitative estimate of drug-likeness (QED) is 0.855. The molecule has 1 fully saturated rings. The predicted octanol–water partition coefficient (Wildman–Crippen LogP) is 3.36. The Hall–Kier alpha value is -1.24. The Morgan fingerprint density at radius 1 is 1.45 bits per heavy atom. The van der Waals surface area contributed by atoms with E-state index in [9.17, 15) is 4.79 Å². The van der Waals surface area contributed by atoms with Crippen molar-refractivity contribution in [2.75, 3.05) is 13.1 Å². The fourth-order valence-electron chi connectivity index (χ4n) is 2.51. The maximum absolute atomic E-state index is 12.2. The van der Waals surface area contributed by atoms with E-state index in [0.29, 0.717) is 0 Å². The van der Waals surface area contributed by atoms with Gasteiger partial charge in [-0.1, -0.05) is 28.1 Å². The van der Waals surface area contributed by atoms with E-state index < -0.39 is 0 Å². The molecule has 1 aliphatic rings. The van der Waals surface area contributed by atoms with Crippen LogP contribution >= 0.6 is 27.3 Å². The van der Waals surface area contributed by atoms with Crippen LogP contribution in [0.15, 0.2) is 34.1 Å². The first kappa shape index (κ1) is 15.6. The summed E-state index contributed by atoms with van der Waals surface area (Å²) in [6, 6.07) is 8.04. The van der Waals surface area contributed by atoms with Crippen molar-refractivity contribution < 1.29 is 4.79 Å². The van der Waals surface area contributed by atoms with Crippen molar-refractivity contribution in [3.05, 3.63) is 39.1 Å². The molecule has 22 heavy (non-hydrogen) atoms. The Labute approximate surface area is 142 Å². The second-order valence-electron chi connectivity index (χ2n) is 5.50. The topological polar surface area (TPSA) is 54.0 Å². The molecule has 2 aromatic rings. The molecule has 1 aromatic heterocycles. The van der Waals surface area contributed by atoms with Crippen molar-refractivity contribution in [1.29, 1.82) is 0 Å². The van der Waals surface area contributed by atoms with Crippen LogP contribution < -0.4 is 10.6 Å². The highest BCUT2D eigenvalue weighted by Gasteiger charge is 2.24. The minimum absolute atomic E-state index is 0.0534. The molecule has 6 heteroatoms. The average molecular weight is 380 g/mol.